The maximum atomic E-state index is 11.3. The fourth-order valence-electron chi connectivity index (χ4n) is 3.17. The number of nitrogens with zero attached hydrogens (tertiary/aromatic N) is 4. The summed E-state index contributed by atoms with van der Waals surface area (Å²) in [6, 6.07) is 0.795. The van der Waals surface area contributed by atoms with E-state index in [1.165, 1.54) is 19.0 Å². The van der Waals surface area contributed by atoms with Crippen LogP contribution in [0.25, 0.3) is 0 Å². The number of aromatic carboxylic acids is 1. The first kappa shape index (κ1) is 12.3. The molecule has 0 radical (unpaired) electrons. The summed E-state index contributed by atoms with van der Waals surface area (Å²) < 4.78 is 0. The Hall–Kier alpha value is -1.69. The number of anilines is 1. The van der Waals surface area contributed by atoms with Gasteiger partial charge in [0.25, 0.3) is 0 Å². The van der Waals surface area contributed by atoms with Gasteiger partial charge in [0.15, 0.2) is 11.5 Å². The van der Waals surface area contributed by atoms with Crippen LogP contribution in [0.4, 0.5) is 5.82 Å². The molecule has 0 saturated carbocycles. The Morgan fingerprint density at radius 1 is 1.37 bits per heavy atom. The highest BCUT2D eigenvalue weighted by Gasteiger charge is 2.36. The van der Waals surface area contributed by atoms with Crippen molar-refractivity contribution in [1.82, 2.24) is 14.9 Å². The molecule has 0 amide bonds. The maximum absolute atomic E-state index is 11.3. The van der Waals surface area contributed by atoms with Crippen LogP contribution in [-0.4, -0.2) is 57.7 Å². The van der Waals surface area contributed by atoms with Gasteiger partial charge in [-0.25, -0.2) is 14.8 Å². The third-order valence-electron chi connectivity index (χ3n) is 4.09. The zero-order chi connectivity index (χ0) is 13.4. The van der Waals surface area contributed by atoms with Gasteiger partial charge in [0.1, 0.15) is 0 Å². The lowest BCUT2D eigenvalue weighted by molar-refractivity contribution is 0.0690. The Morgan fingerprint density at radius 2 is 2.16 bits per heavy atom. The molecule has 2 aliphatic rings. The Balaban J connectivity index is 1.91. The predicted octanol–water partition coefficient (Wildman–Crippen LogP) is 0.848. The number of piperazine rings is 1. The minimum absolute atomic E-state index is 0.0563. The minimum Gasteiger partial charge on any atom is -0.476 e. The third-order valence-corrected chi connectivity index (χ3v) is 4.09. The first-order valence-corrected chi connectivity index (χ1v) is 6.72. The van der Waals surface area contributed by atoms with Gasteiger partial charge in [-0.1, -0.05) is 0 Å². The highest BCUT2D eigenvalue weighted by molar-refractivity contribution is 5.91. The molecule has 3 heterocycles. The quantitative estimate of drug-likeness (QED) is 0.852. The Morgan fingerprint density at radius 3 is 2.95 bits per heavy atom. The molecule has 1 N–H and O–H groups in total. The number of carbonyl (C=O) groups is 1. The second-order valence-electron chi connectivity index (χ2n) is 5.33. The molecule has 2 saturated heterocycles. The lowest BCUT2D eigenvalue weighted by Crippen LogP contribution is -2.55. The summed E-state index contributed by atoms with van der Waals surface area (Å²) in [7, 11) is 0. The van der Waals surface area contributed by atoms with Crippen LogP contribution in [-0.2, 0) is 0 Å². The molecule has 6 nitrogen and oxygen atoms in total. The number of hydrogen-bond donors (Lipinski definition) is 1. The SMILES string of the molecule is CC1CN2CCCC2CN1c1nccnc1C(=O)O. The standard InChI is InChI=1S/C13H18N4O2/c1-9-7-16-6-2-3-10(16)8-17(9)12-11(13(18)19)14-4-5-15-12/h4-5,9-10H,2-3,6-8H2,1H3,(H,18,19). The van der Waals surface area contributed by atoms with E-state index in [1.807, 2.05) is 0 Å². The van der Waals surface area contributed by atoms with Gasteiger partial charge in [0.05, 0.1) is 0 Å². The van der Waals surface area contributed by atoms with Crippen molar-refractivity contribution in [2.75, 3.05) is 24.5 Å². The average molecular weight is 262 g/mol. The second-order valence-corrected chi connectivity index (χ2v) is 5.33. The summed E-state index contributed by atoms with van der Waals surface area (Å²) in [4.78, 5) is 24.1. The van der Waals surface area contributed by atoms with Crippen LogP contribution in [0.15, 0.2) is 12.4 Å². The van der Waals surface area contributed by atoms with Gasteiger partial charge in [-0.05, 0) is 26.3 Å². The van der Waals surface area contributed by atoms with Crippen LogP contribution in [0.1, 0.15) is 30.3 Å². The van der Waals surface area contributed by atoms with Crippen molar-refractivity contribution in [3.8, 4) is 0 Å². The van der Waals surface area contributed by atoms with Gasteiger partial charge in [-0.15, -0.1) is 0 Å². The van der Waals surface area contributed by atoms with Crippen LogP contribution < -0.4 is 4.90 Å². The fraction of sp³-hybridized carbons (Fsp3) is 0.615. The highest BCUT2D eigenvalue weighted by Crippen LogP contribution is 2.28. The lowest BCUT2D eigenvalue weighted by atomic mass is 10.1. The summed E-state index contributed by atoms with van der Waals surface area (Å²) in [5.41, 5.74) is 0.0563. The normalized spacial score (nSPS) is 27.3. The molecule has 1 aromatic heterocycles. The molecular weight excluding hydrogens is 244 g/mol. The zero-order valence-electron chi connectivity index (χ0n) is 11.0. The van der Waals surface area contributed by atoms with E-state index in [0.29, 0.717) is 11.9 Å². The number of hydrogen-bond acceptors (Lipinski definition) is 5. The first-order chi connectivity index (χ1) is 9.16. The zero-order valence-corrected chi connectivity index (χ0v) is 11.0. The summed E-state index contributed by atoms with van der Waals surface area (Å²) in [6.07, 6.45) is 5.42. The molecule has 2 unspecified atom stereocenters. The molecule has 0 aromatic carbocycles. The van der Waals surface area contributed by atoms with Crippen LogP contribution >= 0.6 is 0 Å². The third kappa shape index (κ3) is 2.16. The molecule has 0 aliphatic carbocycles. The van der Waals surface area contributed by atoms with Gasteiger partial charge in [-0.3, -0.25) is 4.90 Å². The topological polar surface area (TPSA) is 69.6 Å². The minimum atomic E-state index is -1.01. The molecule has 0 spiro atoms. The lowest BCUT2D eigenvalue weighted by Gasteiger charge is -2.43. The summed E-state index contributed by atoms with van der Waals surface area (Å²) in [6.45, 7) is 5.10. The van der Waals surface area contributed by atoms with Gasteiger partial charge in [0.2, 0.25) is 0 Å². The van der Waals surface area contributed by atoms with E-state index in [4.69, 9.17) is 0 Å². The molecule has 6 heteroatoms. The summed E-state index contributed by atoms with van der Waals surface area (Å²) in [5, 5.41) is 9.23. The molecule has 1 aromatic rings. The van der Waals surface area contributed by atoms with Crippen molar-refractivity contribution < 1.29 is 9.90 Å². The molecular formula is C13H18N4O2. The molecule has 2 fully saturated rings. The molecule has 19 heavy (non-hydrogen) atoms. The van der Waals surface area contributed by atoms with Crippen molar-refractivity contribution >= 4 is 11.8 Å². The van der Waals surface area contributed by atoms with E-state index in [-0.39, 0.29) is 11.7 Å². The van der Waals surface area contributed by atoms with Crippen LogP contribution in [0.3, 0.4) is 0 Å². The van der Waals surface area contributed by atoms with E-state index in [2.05, 4.69) is 26.7 Å². The number of aromatic nitrogens is 2. The molecule has 2 atom stereocenters. The number of fused-ring (bicyclic) bond motifs is 1. The molecule has 3 rings (SSSR count). The van der Waals surface area contributed by atoms with E-state index >= 15 is 0 Å². The molecule has 2 aliphatic heterocycles. The van der Waals surface area contributed by atoms with E-state index < -0.39 is 5.97 Å². The Kier molecular flexibility index (Phi) is 3.10. The maximum Gasteiger partial charge on any atom is 0.358 e. The largest absolute Gasteiger partial charge is 0.476 e. The summed E-state index contributed by atoms with van der Waals surface area (Å²) >= 11 is 0. The number of rotatable bonds is 2. The fourth-order valence-corrected chi connectivity index (χ4v) is 3.17. The van der Waals surface area contributed by atoms with Gasteiger partial charge >= 0.3 is 5.97 Å². The van der Waals surface area contributed by atoms with Gasteiger partial charge < -0.3 is 10.0 Å². The van der Waals surface area contributed by atoms with Crippen molar-refractivity contribution in [3.63, 3.8) is 0 Å². The van der Waals surface area contributed by atoms with Crippen molar-refractivity contribution in [2.24, 2.45) is 0 Å². The van der Waals surface area contributed by atoms with E-state index in [0.717, 1.165) is 19.6 Å². The number of carboxylic acid groups (broad SMARTS) is 1. The van der Waals surface area contributed by atoms with Gasteiger partial charge in [-0.2, -0.15) is 0 Å². The van der Waals surface area contributed by atoms with Crippen LogP contribution in [0.5, 0.6) is 0 Å². The molecule has 0 bridgehead atoms. The monoisotopic (exact) mass is 262 g/mol. The smallest absolute Gasteiger partial charge is 0.358 e. The van der Waals surface area contributed by atoms with Crippen molar-refractivity contribution in [1.29, 1.82) is 0 Å². The average Bonchev–Trinajstić information content (AvgIpc) is 2.84. The van der Waals surface area contributed by atoms with Crippen molar-refractivity contribution in [3.05, 3.63) is 18.1 Å². The van der Waals surface area contributed by atoms with Crippen molar-refractivity contribution in [2.45, 2.75) is 31.8 Å². The molecule has 102 valence electrons. The highest BCUT2D eigenvalue weighted by atomic mass is 16.4. The number of carboxylic acids is 1. The van der Waals surface area contributed by atoms with Crippen LogP contribution in [0.2, 0.25) is 0 Å². The predicted molar refractivity (Wildman–Crippen MR) is 70.4 cm³/mol. The van der Waals surface area contributed by atoms with Crippen LogP contribution in [0, 0.1) is 0 Å². The van der Waals surface area contributed by atoms with Gasteiger partial charge in [0, 0.05) is 37.6 Å². The summed E-state index contributed by atoms with van der Waals surface area (Å²) in [5.74, 6) is -0.502. The first-order valence-electron chi connectivity index (χ1n) is 6.72. The van der Waals surface area contributed by atoms with E-state index in [1.54, 1.807) is 6.20 Å². The Bertz CT molecular complexity index is 493. The Labute approximate surface area is 112 Å². The second kappa shape index (κ2) is 4.77. The van der Waals surface area contributed by atoms with E-state index in [9.17, 15) is 9.90 Å².